The van der Waals surface area contributed by atoms with E-state index in [0.717, 1.165) is 30.2 Å². The molecule has 0 bridgehead atoms. The van der Waals surface area contributed by atoms with Crippen LogP contribution in [0.15, 0.2) is 18.2 Å². The van der Waals surface area contributed by atoms with E-state index in [1.165, 1.54) is 17.7 Å². The number of nitrogens with zero attached hydrogens (tertiary/aromatic N) is 1. The maximum absolute atomic E-state index is 12.9. The van der Waals surface area contributed by atoms with Crippen molar-refractivity contribution >= 4 is 32.6 Å². The molecule has 1 N–H and O–H groups in total. The molecule has 2 aliphatic rings. The maximum Gasteiger partial charge on any atom is 0.338 e. The number of fused-ring (bicyclic) bond motifs is 3. The number of aryl methyl sites for hydroxylation is 2. The van der Waals surface area contributed by atoms with E-state index >= 15 is 0 Å². The van der Waals surface area contributed by atoms with Gasteiger partial charge < -0.3 is 14.6 Å². The van der Waals surface area contributed by atoms with Crippen LogP contribution in [0.25, 0.3) is 10.9 Å². The number of sulfone groups is 1. The molecule has 1 fully saturated rings. The Bertz CT molecular complexity index is 1100. The SMILES string of the molecule is CC[C@H](C)N(C(=O)COC(=O)c1ccc2[nH]c3c(c2c1)CCCC3)[C@@H]1CCS(=O)(=O)C1. The summed E-state index contributed by atoms with van der Waals surface area (Å²) in [5.74, 6) is -0.806. The molecule has 1 aromatic carbocycles. The summed E-state index contributed by atoms with van der Waals surface area (Å²) in [5, 5.41) is 1.05. The van der Waals surface area contributed by atoms with Crippen LogP contribution in [0.3, 0.4) is 0 Å². The molecular weight excluding hydrogens is 416 g/mol. The summed E-state index contributed by atoms with van der Waals surface area (Å²) in [6, 6.07) is 4.98. The fourth-order valence-electron chi connectivity index (χ4n) is 4.82. The third-order valence-corrected chi connectivity index (χ3v) is 8.37. The van der Waals surface area contributed by atoms with Gasteiger partial charge in [-0.25, -0.2) is 13.2 Å². The highest BCUT2D eigenvalue weighted by Crippen LogP contribution is 2.30. The highest BCUT2D eigenvalue weighted by molar-refractivity contribution is 7.91. The van der Waals surface area contributed by atoms with Crippen LogP contribution in [0.1, 0.15) is 61.1 Å². The van der Waals surface area contributed by atoms with Crippen LogP contribution in [0.5, 0.6) is 0 Å². The number of aromatic nitrogens is 1. The zero-order valence-electron chi connectivity index (χ0n) is 18.1. The van der Waals surface area contributed by atoms with Gasteiger partial charge in [0.05, 0.1) is 17.1 Å². The van der Waals surface area contributed by atoms with Crippen LogP contribution in [-0.4, -0.2) is 60.4 Å². The van der Waals surface area contributed by atoms with Gasteiger partial charge in [0.15, 0.2) is 16.4 Å². The van der Waals surface area contributed by atoms with Gasteiger partial charge in [-0.3, -0.25) is 4.79 Å². The minimum absolute atomic E-state index is 0.0215. The van der Waals surface area contributed by atoms with Gasteiger partial charge in [0.25, 0.3) is 5.91 Å². The number of ether oxygens (including phenoxy) is 1. The molecule has 7 nitrogen and oxygen atoms in total. The lowest BCUT2D eigenvalue weighted by atomic mass is 9.95. The molecule has 2 aromatic rings. The molecule has 1 amide bonds. The monoisotopic (exact) mass is 446 g/mol. The van der Waals surface area contributed by atoms with E-state index in [4.69, 9.17) is 4.74 Å². The molecule has 8 heteroatoms. The number of aromatic amines is 1. The molecule has 1 aromatic heterocycles. The number of nitrogens with one attached hydrogen (secondary N) is 1. The zero-order chi connectivity index (χ0) is 22.2. The Morgan fingerprint density at radius 2 is 2.03 bits per heavy atom. The van der Waals surface area contributed by atoms with Gasteiger partial charge in [-0.15, -0.1) is 0 Å². The van der Waals surface area contributed by atoms with Gasteiger partial charge in [0.1, 0.15) is 0 Å². The van der Waals surface area contributed by atoms with E-state index in [1.54, 1.807) is 11.0 Å². The third kappa shape index (κ3) is 4.49. The topological polar surface area (TPSA) is 96.5 Å². The number of carbonyl (C=O) groups is 2. The molecule has 0 spiro atoms. The first-order valence-corrected chi connectivity index (χ1v) is 12.9. The maximum atomic E-state index is 12.9. The Morgan fingerprint density at radius 1 is 1.26 bits per heavy atom. The molecule has 31 heavy (non-hydrogen) atoms. The average Bonchev–Trinajstić information content (AvgIpc) is 3.30. The number of benzene rings is 1. The Kier molecular flexibility index (Phi) is 6.10. The second kappa shape index (κ2) is 8.65. The lowest BCUT2D eigenvalue weighted by molar-refractivity contribution is -0.138. The molecule has 1 aliphatic heterocycles. The van der Waals surface area contributed by atoms with Gasteiger partial charge in [-0.05, 0) is 69.2 Å². The number of hydrogen-bond donors (Lipinski definition) is 1. The standard InChI is InChI=1S/C23H30N2O5S/c1-3-15(2)25(17-10-11-31(28,29)14-17)22(26)13-30-23(27)16-8-9-21-19(12-16)18-6-4-5-7-20(18)24-21/h8-9,12,15,17,24H,3-7,10-11,13-14H2,1-2H3/t15-,17+/m0/s1. The number of carbonyl (C=O) groups excluding carboxylic acids is 2. The Morgan fingerprint density at radius 3 is 2.74 bits per heavy atom. The summed E-state index contributed by atoms with van der Waals surface area (Å²) in [6.45, 7) is 3.46. The largest absolute Gasteiger partial charge is 0.452 e. The van der Waals surface area contributed by atoms with Crippen molar-refractivity contribution in [1.29, 1.82) is 0 Å². The van der Waals surface area contributed by atoms with Gasteiger partial charge in [-0.2, -0.15) is 0 Å². The average molecular weight is 447 g/mol. The number of H-pyrrole nitrogens is 1. The Balaban J connectivity index is 1.46. The first kappa shape index (κ1) is 21.9. The molecule has 168 valence electrons. The number of rotatable bonds is 6. The van der Waals surface area contributed by atoms with Gasteiger partial charge in [0.2, 0.25) is 0 Å². The second-order valence-corrected chi connectivity index (χ2v) is 11.0. The first-order chi connectivity index (χ1) is 14.8. The van der Waals surface area contributed by atoms with Crippen LogP contribution in [-0.2, 0) is 32.2 Å². The summed E-state index contributed by atoms with van der Waals surface area (Å²) in [4.78, 5) is 30.6. The fourth-order valence-corrected chi connectivity index (χ4v) is 6.53. The second-order valence-electron chi connectivity index (χ2n) is 8.74. The Labute approximate surface area is 183 Å². The molecule has 4 rings (SSSR count). The van der Waals surface area contributed by atoms with Crippen molar-refractivity contribution in [2.75, 3.05) is 18.1 Å². The van der Waals surface area contributed by atoms with Crippen molar-refractivity contribution in [3.63, 3.8) is 0 Å². The minimum atomic E-state index is -3.12. The third-order valence-electron chi connectivity index (χ3n) is 6.62. The summed E-state index contributed by atoms with van der Waals surface area (Å²) in [6.07, 6.45) is 5.48. The molecule has 2 atom stereocenters. The first-order valence-electron chi connectivity index (χ1n) is 11.1. The minimum Gasteiger partial charge on any atom is -0.452 e. The molecular formula is C23H30N2O5S. The molecule has 2 heterocycles. The van der Waals surface area contributed by atoms with E-state index in [-0.39, 0.29) is 36.1 Å². The van der Waals surface area contributed by atoms with Crippen LogP contribution >= 0.6 is 0 Å². The van der Waals surface area contributed by atoms with Gasteiger partial charge >= 0.3 is 5.97 Å². The van der Waals surface area contributed by atoms with E-state index < -0.39 is 15.8 Å². The summed E-state index contributed by atoms with van der Waals surface area (Å²) in [5.41, 5.74) is 3.96. The predicted octanol–water partition coefficient (Wildman–Crippen LogP) is 3.02. The van der Waals surface area contributed by atoms with E-state index in [1.807, 2.05) is 26.0 Å². The number of amides is 1. The van der Waals surface area contributed by atoms with Gasteiger partial charge in [0, 0.05) is 28.7 Å². The highest BCUT2D eigenvalue weighted by Gasteiger charge is 2.36. The Hall–Kier alpha value is -2.35. The van der Waals surface area contributed by atoms with Crippen LogP contribution < -0.4 is 0 Å². The van der Waals surface area contributed by atoms with E-state index in [9.17, 15) is 18.0 Å². The summed E-state index contributed by atoms with van der Waals surface area (Å²) >= 11 is 0. The van der Waals surface area contributed by atoms with Crippen LogP contribution in [0.2, 0.25) is 0 Å². The quantitative estimate of drug-likeness (QED) is 0.688. The molecule has 1 saturated heterocycles. The van der Waals surface area contributed by atoms with Crippen molar-refractivity contribution in [3.05, 3.63) is 35.0 Å². The molecule has 1 aliphatic carbocycles. The fraction of sp³-hybridized carbons (Fsp3) is 0.565. The summed E-state index contributed by atoms with van der Waals surface area (Å²) < 4.78 is 29.1. The number of esters is 1. The van der Waals surface area contributed by atoms with Crippen molar-refractivity contribution < 1.29 is 22.7 Å². The van der Waals surface area contributed by atoms with E-state index in [0.29, 0.717) is 18.4 Å². The van der Waals surface area contributed by atoms with Crippen molar-refractivity contribution in [2.45, 2.75) is 64.5 Å². The zero-order valence-corrected chi connectivity index (χ0v) is 19.0. The highest BCUT2D eigenvalue weighted by atomic mass is 32.2. The number of hydrogen-bond acceptors (Lipinski definition) is 5. The lowest BCUT2D eigenvalue weighted by Crippen LogP contribution is -2.48. The van der Waals surface area contributed by atoms with Crippen molar-refractivity contribution in [1.82, 2.24) is 9.88 Å². The van der Waals surface area contributed by atoms with Crippen LogP contribution in [0, 0.1) is 0 Å². The van der Waals surface area contributed by atoms with Gasteiger partial charge in [-0.1, -0.05) is 6.92 Å². The normalized spacial score (nSPS) is 20.9. The smallest absolute Gasteiger partial charge is 0.338 e. The van der Waals surface area contributed by atoms with Crippen molar-refractivity contribution in [2.24, 2.45) is 0 Å². The molecule has 0 saturated carbocycles. The molecule has 0 radical (unpaired) electrons. The lowest BCUT2D eigenvalue weighted by Gasteiger charge is -2.33. The predicted molar refractivity (Wildman–Crippen MR) is 119 cm³/mol. The van der Waals surface area contributed by atoms with Crippen LogP contribution in [0.4, 0.5) is 0 Å². The molecule has 0 unspecified atom stereocenters. The van der Waals surface area contributed by atoms with E-state index in [2.05, 4.69) is 4.98 Å². The summed E-state index contributed by atoms with van der Waals surface area (Å²) in [7, 11) is -3.12. The van der Waals surface area contributed by atoms with Crippen molar-refractivity contribution in [3.8, 4) is 0 Å².